The van der Waals surface area contributed by atoms with E-state index < -0.39 is 5.54 Å². The Hall–Kier alpha value is -3.41. The molecule has 4 rings (SSSR count). The smallest absolute Gasteiger partial charge is 0.248 e. The van der Waals surface area contributed by atoms with E-state index in [2.05, 4.69) is 5.16 Å². The Bertz CT molecular complexity index is 1060. The highest BCUT2D eigenvalue weighted by molar-refractivity contribution is 5.92. The van der Waals surface area contributed by atoms with Gasteiger partial charge in [-0.2, -0.15) is 0 Å². The van der Waals surface area contributed by atoms with Crippen LogP contribution in [0.25, 0.3) is 11.3 Å². The maximum Gasteiger partial charge on any atom is 0.248 e. The third-order valence-corrected chi connectivity index (χ3v) is 6.16. The van der Waals surface area contributed by atoms with Crippen LogP contribution in [-0.2, 0) is 22.4 Å². The molecule has 32 heavy (non-hydrogen) atoms. The van der Waals surface area contributed by atoms with Crippen LogP contribution < -0.4 is 0 Å². The third kappa shape index (κ3) is 4.44. The monoisotopic (exact) mass is 431 g/mol. The van der Waals surface area contributed by atoms with Gasteiger partial charge in [-0.25, -0.2) is 0 Å². The minimum absolute atomic E-state index is 0.00403. The lowest BCUT2D eigenvalue weighted by Gasteiger charge is -2.38. The number of hydrogen-bond donors (Lipinski definition) is 0. The lowest BCUT2D eigenvalue weighted by molar-refractivity contribution is -0.150. The number of rotatable bonds is 7. The summed E-state index contributed by atoms with van der Waals surface area (Å²) in [6.45, 7) is 0.576. The molecule has 0 saturated carbocycles. The van der Waals surface area contributed by atoms with E-state index in [1.54, 1.807) is 23.9 Å². The maximum absolute atomic E-state index is 13.4. The fraction of sp³-hybridized carbons (Fsp3) is 0.346. The molecule has 0 unspecified atom stereocenters. The molecule has 3 aromatic rings. The van der Waals surface area contributed by atoms with Crippen LogP contribution in [0.4, 0.5) is 0 Å². The Morgan fingerprint density at radius 2 is 1.75 bits per heavy atom. The highest BCUT2D eigenvalue weighted by Crippen LogP contribution is 2.36. The van der Waals surface area contributed by atoms with Gasteiger partial charge in [-0.1, -0.05) is 65.8 Å². The first kappa shape index (κ1) is 21.8. The normalized spacial score (nSPS) is 18.0. The Morgan fingerprint density at radius 3 is 2.44 bits per heavy atom. The third-order valence-electron chi connectivity index (χ3n) is 6.16. The lowest BCUT2D eigenvalue weighted by Crippen LogP contribution is -2.58. The van der Waals surface area contributed by atoms with Gasteiger partial charge in [-0.15, -0.1) is 0 Å². The van der Waals surface area contributed by atoms with Gasteiger partial charge in [0.25, 0.3) is 0 Å². The summed E-state index contributed by atoms with van der Waals surface area (Å²) in [6.07, 6.45) is 2.75. The van der Waals surface area contributed by atoms with Gasteiger partial charge in [0.1, 0.15) is 17.0 Å². The lowest BCUT2D eigenvalue weighted by atomic mass is 9.88. The quantitative estimate of drug-likeness (QED) is 0.568. The van der Waals surface area contributed by atoms with Gasteiger partial charge in [-0.05, 0) is 24.8 Å². The van der Waals surface area contributed by atoms with E-state index in [-0.39, 0.29) is 11.8 Å². The summed E-state index contributed by atoms with van der Waals surface area (Å²) in [6, 6.07) is 21.6. The van der Waals surface area contributed by atoms with Crippen molar-refractivity contribution in [2.75, 3.05) is 20.6 Å². The van der Waals surface area contributed by atoms with Crippen molar-refractivity contribution in [2.24, 2.45) is 0 Å². The van der Waals surface area contributed by atoms with Crippen LogP contribution in [0.3, 0.4) is 0 Å². The van der Waals surface area contributed by atoms with Gasteiger partial charge in [0.2, 0.25) is 11.8 Å². The molecule has 0 spiro atoms. The molecule has 166 valence electrons. The first-order valence-electron chi connectivity index (χ1n) is 11.1. The second-order valence-electron chi connectivity index (χ2n) is 8.59. The molecular formula is C26H29N3O3. The van der Waals surface area contributed by atoms with Crippen LogP contribution in [0.5, 0.6) is 0 Å². The van der Waals surface area contributed by atoms with Crippen molar-refractivity contribution in [2.45, 2.75) is 37.6 Å². The number of nitrogens with zero attached hydrogens (tertiary/aromatic N) is 3. The van der Waals surface area contributed by atoms with Gasteiger partial charge in [-0.3, -0.25) is 9.59 Å². The molecule has 1 fully saturated rings. The minimum atomic E-state index is -0.940. The Labute approximate surface area is 188 Å². The van der Waals surface area contributed by atoms with Crippen molar-refractivity contribution < 1.29 is 14.1 Å². The van der Waals surface area contributed by atoms with E-state index in [1.807, 2.05) is 66.7 Å². The van der Waals surface area contributed by atoms with E-state index in [4.69, 9.17) is 4.52 Å². The number of likely N-dealkylation sites (tertiary alicyclic amines) is 1. The van der Waals surface area contributed by atoms with Gasteiger partial charge in [0, 0.05) is 45.1 Å². The molecule has 0 N–H and O–H groups in total. The fourth-order valence-electron chi connectivity index (χ4n) is 4.60. The van der Waals surface area contributed by atoms with Crippen LogP contribution in [0, 0.1) is 0 Å². The summed E-state index contributed by atoms with van der Waals surface area (Å²) in [4.78, 5) is 30.1. The molecule has 2 heterocycles. The standard InChI is InChI=1S/C26H29N3O3/c1-28(2)25(31)26(19-22-18-23(27-32-22)21-12-7-4-8-13-21)16-9-17-29(26)24(30)15-14-20-10-5-3-6-11-20/h3-8,10-13,18H,9,14-17,19H2,1-2H3/t26-/m1/s1. The average molecular weight is 432 g/mol. The first-order chi connectivity index (χ1) is 15.5. The maximum atomic E-state index is 13.4. The number of aryl methyl sites for hydroxylation is 1. The summed E-state index contributed by atoms with van der Waals surface area (Å²) >= 11 is 0. The van der Waals surface area contributed by atoms with Crippen molar-refractivity contribution in [1.29, 1.82) is 0 Å². The van der Waals surface area contributed by atoms with Gasteiger partial charge >= 0.3 is 0 Å². The van der Waals surface area contributed by atoms with Crippen LogP contribution in [-0.4, -0.2) is 52.9 Å². The summed E-state index contributed by atoms with van der Waals surface area (Å²) in [5.41, 5.74) is 1.86. The second kappa shape index (κ2) is 9.39. The number of carbonyl (C=O) groups excluding carboxylic acids is 2. The zero-order chi connectivity index (χ0) is 22.6. The molecule has 2 aromatic carbocycles. The number of carbonyl (C=O) groups is 2. The molecule has 6 heteroatoms. The zero-order valence-corrected chi connectivity index (χ0v) is 18.7. The first-order valence-corrected chi connectivity index (χ1v) is 11.1. The number of benzene rings is 2. The van der Waals surface area contributed by atoms with Crippen LogP contribution in [0.1, 0.15) is 30.6 Å². The fourth-order valence-corrected chi connectivity index (χ4v) is 4.60. The Kier molecular flexibility index (Phi) is 6.40. The van der Waals surface area contributed by atoms with Crippen molar-refractivity contribution in [3.63, 3.8) is 0 Å². The predicted octanol–water partition coefficient (Wildman–Crippen LogP) is 3.97. The molecule has 0 radical (unpaired) electrons. The van der Waals surface area contributed by atoms with Crippen LogP contribution in [0.15, 0.2) is 71.3 Å². The van der Waals surface area contributed by atoms with Crippen molar-refractivity contribution >= 4 is 11.8 Å². The SMILES string of the molecule is CN(C)C(=O)[C@]1(Cc2cc(-c3ccccc3)no2)CCCN1C(=O)CCc1ccccc1. The molecule has 1 aliphatic rings. The van der Waals surface area contributed by atoms with E-state index in [0.717, 1.165) is 23.2 Å². The number of hydrogen-bond acceptors (Lipinski definition) is 4. The van der Waals surface area contributed by atoms with E-state index in [1.165, 1.54) is 0 Å². The Morgan fingerprint density at radius 1 is 1.06 bits per heavy atom. The molecule has 0 aliphatic carbocycles. The van der Waals surface area contributed by atoms with Gasteiger partial charge < -0.3 is 14.3 Å². The molecule has 1 aromatic heterocycles. The van der Waals surface area contributed by atoms with Crippen molar-refractivity contribution in [3.05, 3.63) is 78.1 Å². The highest BCUT2D eigenvalue weighted by Gasteiger charge is 2.50. The van der Waals surface area contributed by atoms with Gasteiger partial charge in [0.15, 0.2) is 0 Å². The van der Waals surface area contributed by atoms with Crippen molar-refractivity contribution in [1.82, 2.24) is 15.0 Å². The summed E-state index contributed by atoms with van der Waals surface area (Å²) in [5, 5.41) is 4.21. The topological polar surface area (TPSA) is 66.7 Å². The molecule has 1 aliphatic heterocycles. The number of likely N-dealkylation sites (N-methyl/N-ethyl adjacent to an activating group) is 1. The molecule has 0 bridgehead atoms. The van der Waals surface area contributed by atoms with Crippen LogP contribution >= 0.6 is 0 Å². The second-order valence-corrected chi connectivity index (χ2v) is 8.59. The predicted molar refractivity (Wildman–Crippen MR) is 123 cm³/mol. The van der Waals surface area contributed by atoms with E-state index in [9.17, 15) is 9.59 Å². The summed E-state index contributed by atoms with van der Waals surface area (Å²) in [7, 11) is 3.48. The number of amides is 2. The number of aromatic nitrogens is 1. The van der Waals surface area contributed by atoms with E-state index in [0.29, 0.717) is 38.0 Å². The summed E-state index contributed by atoms with van der Waals surface area (Å²) < 4.78 is 5.63. The molecule has 6 nitrogen and oxygen atoms in total. The van der Waals surface area contributed by atoms with E-state index >= 15 is 0 Å². The molecule has 1 atom stereocenters. The minimum Gasteiger partial charge on any atom is -0.361 e. The summed E-state index contributed by atoms with van der Waals surface area (Å²) in [5.74, 6) is 0.548. The molecule has 1 saturated heterocycles. The zero-order valence-electron chi connectivity index (χ0n) is 18.7. The average Bonchev–Trinajstić information content (AvgIpc) is 3.46. The molecular weight excluding hydrogens is 402 g/mol. The molecule has 2 amide bonds. The van der Waals surface area contributed by atoms with Crippen molar-refractivity contribution in [3.8, 4) is 11.3 Å². The van der Waals surface area contributed by atoms with Gasteiger partial charge in [0.05, 0.1) is 0 Å². The largest absolute Gasteiger partial charge is 0.361 e. The van der Waals surface area contributed by atoms with Crippen LogP contribution in [0.2, 0.25) is 0 Å². The highest BCUT2D eigenvalue weighted by atomic mass is 16.5. The Balaban J connectivity index is 1.57.